The van der Waals surface area contributed by atoms with E-state index in [1.165, 1.54) is 5.56 Å². The maximum atomic E-state index is 13.2. The van der Waals surface area contributed by atoms with Gasteiger partial charge in [0.1, 0.15) is 11.4 Å². The maximum Gasteiger partial charge on any atom is 0.274 e. The Morgan fingerprint density at radius 3 is 2.14 bits per heavy atom. The van der Waals surface area contributed by atoms with Crippen molar-refractivity contribution in [2.24, 2.45) is 4.99 Å². The molecule has 0 aromatic heterocycles. The van der Waals surface area contributed by atoms with Crippen LogP contribution in [0.4, 0.5) is 5.69 Å². The third-order valence-electron chi connectivity index (χ3n) is 5.48. The summed E-state index contributed by atoms with van der Waals surface area (Å²) in [6, 6.07) is 16.8. The number of fused-ring (bicyclic) bond motifs is 1. The maximum absolute atomic E-state index is 13.2. The molecule has 0 spiro atoms. The summed E-state index contributed by atoms with van der Waals surface area (Å²) in [4.78, 5) is 21.7. The standard InChI is InChI=1S/C24H25N3O/c1-18-7-9-19(10-8-18)16-24(17-20-11-13-21(14-12-20)26(2)3)23(28)25-22-6-4-5-15-27(22)24/h4-15H,16-17H2,1-3H3. The zero-order valence-corrected chi connectivity index (χ0v) is 16.6. The minimum Gasteiger partial charge on any atom is -0.378 e. The highest BCUT2D eigenvalue weighted by Crippen LogP contribution is 2.34. The van der Waals surface area contributed by atoms with E-state index < -0.39 is 5.54 Å². The Bertz CT molecular complexity index is 968. The second kappa shape index (κ2) is 7.12. The van der Waals surface area contributed by atoms with E-state index in [0.29, 0.717) is 12.8 Å². The lowest BCUT2D eigenvalue weighted by molar-refractivity contribution is -0.124. The third kappa shape index (κ3) is 3.26. The van der Waals surface area contributed by atoms with Gasteiger partial charge in [0.05, 0.1) is 0 Å². The van der Waals surface area contributed by atoms with Gasteiger partial charge >= 0.3 is 0 Å². The van der Waals surface area contributed by atoms with Crippen molar-refractivity contribution in [2.45, 2.75) is 25.3 Å². The number of hydrogen-bond acceptors (Lipinski definition) is 3. The van der Waals surface area contributed by atoms with Crippen molar-refractivity contribution in [3.05, 3.63) is 89.6 Å². The molecule has 28 heavy (non-hydrogen) atoms. The zero-order valence-electron chi connectivity index (χ0n) is 16.6. The average Bonchev–Trinajstić information content (AvgIpc) is 2.96. The lowest BCUT2D eigenvalue weighted by Crippen LogP contribution is -2.52. The molecule has 2 aromatic carbocycles. The molecule has 0 fully saturated rings. The number of nitrogens with zero attached hydrogens (tertiary/aromatic N) is 3. The molecule has 1 atom stereocenters. The molecule has 0 saturated heterocycles. The molecule has 0 saturated carbocycles. The molecule has 4 nitrogen and oxygen atoms in total. The number of aliphatic imine (C=N–C) groups is 1. The summed E-state index contributed by atoms with van der Waals surface area (Å²) in [6.45, 7) is 2.08. The molecule has 4 rings (SSSR count). The number of hydrogen-bond donors (Lipinski definition) is 0. The van der Waals surface area contributed by atoms with E-state index in [2.05, 4.69) is 70.2 Å². The highest BCUT2D eigenvalue weighted by Gasteiger charge is 2.49. The Kier molecular flexibility index (Phi) is 4.63. The normalized spacial score (nSPS) is 20.3. The van der Waals surface area contributed by atoms with Crippen LogP contribution in [-0.4, -0.2) is 36.3 Å². The fraction of sp³-hybridized carbons (Fsp3) is 0.250. The fourth-order valence-corrected chi connectivity index (χ4v) is 3.88. The first-order chi connectivity index (χ1) is 13.5. The van der Waals surface area contributed by atoms with Crippen LogP contribution in [-0.2, 0) is 17.6 Å². The molecule has 0 radical (unpaired) electrons. The van der Waals surface area contributed by atoms with Crippen molar-refractivity contribution in [1.29, 1.82) is 0 Å². The van der Waals surface area contributed by atoms with Crippen LogP contribution in [0.5, 0.6) is 0 Å². The van der Waals surface area contributed by atoms with Crippen LogP contribution >= 0.6 is 0 Å². The van der Waals surface area contributed by atoms with Crippen molar-refractivity contribution in [3.63, 3.8) is 0 Å². The topological polar surface area (TPSA) is 35.9 Å². The largest absolute Gasteiger partial charge is 0.378 e. The van der Waals surface area contributed by atoms with Gasteiger partial charge in [0.15, 0.2) is 0 Å². The Morgan fingerprint density at radius 1 is 0.929 bits per heavy atom. The van der Waals surface area contributed by atoms with Crippen LogP contribution < -0.4 is 4.90 Å². The van der Waals surface area contributed by atoms with Gasteiger partial charge in [-0.2, -0.15) is 4.99 Å². The van der Waals surface area contributed by atoms with Crippen LogP contribution in [0.3, 0.4) is 0 Å². The third-order valence-corrected chi connectivity index (χ3v) is 5.48. The average molecular weight is 371 g/mol. The molecular weight excluding hydrogens is 346 g/mol. The lowest BCUT2D eigenvalue weighted by Gasteiger charge is -2.37. The highest BCUT2D eigenvalue weighted by molar-refractivity contribution is 6.12. The predicted molar refractivity (Wildman–Crippen MR) is 115 cm³/mol. The summed E-state index contributed by atoms with van der Waals surface area (Å²) < 4.78 is 0. The summed E-state index contributed by atoms with van der Waals surface area (Å²) >= 11 is 0. The zero-order chi connectivity index (χ0) is 19.7. The van der Waals surface area contributed by atoms with Crippen molar-refractivity contribution < 1.29 is 4.79 Å². The number of aryl methyl sites for hydroxylation is 1. The smallest absolute Gasteiger partial charge is 0.274 e. The Labute approximate surface area is 166 Å². The number of rotatable bonds is 5. The van der Waals surface area contributed by atoms with E-state index in [0.717, 1.165) is 22.6 Å². The van der Waals surface area contributed by atoms with E-state index in [4.69, 9.17) is 0 Å². The number of benzene rings is 2. The molecule has 1 amide bonds. The van der Waals surface area contributed by atoms with Crippen LogP contribution in [0.25, 0.3) is 0 Å². The minimum atomic E-state index is -0.731. The van der Waals surface area contributed by atoms with Gasteiger partial charge in [0.25, 0.3) is 5.91 Å². The van der Waals surface area contributed by atoms with E-state index in [9.17, 15) is 4.79 Å². The SMILES string of the molecule is Cc1ccc(CC2(Cc3ccc(N(C)C)cc3)C(=O)N=C3C=CC=CN32)cc1. The number of amides is 1. The summed E-state index contributed by atoms with van der Waals surface area (Å²) in [7, 11) is 4.05. The molecule has 2 aliphatic heterocycles. The van der Waals surface area contributed by atoms with E-state index in [1.54, 1.807) is 0 Å². The molecule has 0 N–H and O–H groups in total. The van der Waals surface area contributed by atoms with Gasteiger partial charge in [-0.05, 0) is 42.3 Å². The molecule has 142 valence electrons. The molecule has 2 aromatic rings. The van der Waals surface area contributed by atoms with Crippen molar-refractivity contribution in [1.82, 2.24) is 4.90 Å². The quantitative estimate of drug-likeness (QED) is 0.799. The van der Waals surface area contributed by atoms with Crippen LogP contribution in [0.2, 0.25) is 0 Å². The molecule has 4 heteroatoms. The van der Waals surface area contributed by atoms with Crippen molar-refractivity contribution >= 4 is 17.4 Å². The van der Waals surface area contributed by atoms with Crippen LogP contribution in [0.1, 0.15) is 16.7 Å². The number of carbonyl (C=O) groups is 1. The first-order valence-corrected chi connectivity index (χ1v) is 9.57. The fourth-order valence-electron chi connectivity index (χ4n) is 3.88. The molecule has 2 heterocycles. The van der Waals surface area contributed by atoms with Gasteiger partial charge in [-0.15, -0.1) is 0 Å². The summed E-state index contributed by atoms with van der Waals surface area (Å²) in [5.74, 6) is 0.653. The number of anilines is 1. The van der Waals surface area contributed by atoms with E-state index in [1.807, 2.05) is 38.5 Å². The highest BCUT2D eigenvalue weighted by atomic mass is 16.2. The lowest BCUT2D eigenvalue weighted by atomic mass is 9.82. The first-order valence-electron chi connectivity index (χ1n) is 9.57. The summed E-state index contributed by atoms with van der Waals surface area (Å²) in [6.07, 6.45) is 9.01. The Hall–Kier alpha value is -3.14. The molecule has 0 aliphatic carbocycles. The predicted octanol–water partition coefficient (Wildman–Crippen LogP) is 3.91. The molecule has 0 bridgehead atoms. The Morgan fingerprint density at radius 2 is 1.54 bits per heavy atom. The van der Waals surface area contributed by atoms with Gasteiger partial charge in [-0.1, -0.05) is 48.0 Å². The van der Waals surface area contributed by atoms with Gasteiger partial charge < -0.3 is 9.80 Å². The van der Waals surface area contributed by atoms with Gasteiger partial charge in [0.2, 0.25) is 0 Å². The summed E-state index contributed by atoms with van der Waals surface area (Å²) in [5, 5.41) is 0. The van der Waals surface area contributed by atoms with Gasteiger partial charge in [0, 0.05) is 38.8 Å². The first kappa shape index (κ1) is 18.2. The van der Waals surface area contributed by atoms with Crippen molar-refractivity contribution in [3.8, 4) is 0 Å². The molecular formula is C24H25N3O. The van der Waals surface area contributed by atoms with Crippen LogP contribution in [0, 0.1) is 6.92 Å². The monoisotopic (exact) mass is 371 g/mol. The number of amidine groups is 1. The van der Waals surface area contributed by atoms with E-state index >= 15 is 0 Å². The summed E-state index contributed by atoms with van der Waals surface area (Å²) in [5.41, 5.74) is 3.90. The number of allylic oxidation sites excluding steroid dienone is 2. The molecule has 2 aliphatic rings. The minimum absolute atomic E-state index is 0.0732. The van der Waals surface area contributed by atoms with Crippen molar-refractivity contribution in [2.75, 3.05) is 19.0 Å². The van der Waals surface area contributed by atoms with Gasteiger partial charge in [-0.25, -0.2) is 0 Å². The second-order valence-corrected chi connectivity index (χ2v) is 7.78. The van der Waals surface area contributed by atoms with Crippen LogP contribution in [0.15, 0.2) is 78.0 Å². The second-order valence-electron chi connectivity index (χ2n) is 7.78. The van der Waals surface area contributed by atoms with Gasteiger partial charge in [-0.3, -0.25) is 4.79 Å². The Balaban J connectivity index is 1.71. The van der Waals surface area contributed by atoms with E-state index in [-0.39, 0.29) is 5.91 Å². The number of carbonyl (C=O) groups excluding carboxylic acids is 1. The molecule has 1 unspecified atom stereocenters.